The molecule has 3 rings (SSSR count). The monoisotopic (exact) mass is 386 g/mol. The van der Waals surface area contributed by atoms with E-state index in [1.165, 1.54) is 0 Å². The summed E-state index contributed by atoms with van der Waals surface area (Å²) < 4.78 is 78.4. The maximum atomic E-state index is 13.1. The second-order valence-electron chi connectivity index (χ2n) is 5.59. The summed E-state index contributed by atoms with van der Waals surface area (Å²) in [6.45, 7) is 0. The molecule has 0 nitrogen and oxygen atoms in total. The number of halogens is 6. The molecule has 28 heavy (non-hydrogen) atoms. The van der Waals surface area contributed by atoms with Crippen LogP contribution in [0.3, 0.4) is 0 Å². The standard InChI is InChI=1S/C22H8F6/c23-17-9-15(10-18(24)21(17)27)7-5-13-1-2-14(4-3-13)6-8-16-11-19(25)22(28)20(26)12-16/h1-4,9-12H. The number of hydrogen-bond donors (Lipinski definition) is 0. The Morgan fingerprint density at radius 2 is 0.643 bits per heavy atom. The van der Waals surface area contributed by atoms with Crippen molar-refractivity contribution in [2.75, 3.05) is 0 Å². The van der Waals surface area contributed by atoms with Gasteiger partial charge in [0.15, 0.2) is 34.9 Å². The molecule has 0 aromatic heterocycles. The first-order valence-corrected chi connectivity index (χ1v) is 7.76. The first-order chi connectivity index (χ1) is 13.3. The van der Waals surface area contributed by atoms with Crippen molar-refractivity contribution >= 4 is 0 Å². The molecule has 0 saturated carbocycles. The third kappa shape index (κ3) is 4.36. The lowest BCUT2D eigenvalue weighted by atomic mass is 10.1. The van der Waals surface area contributed by atoms with Crippen LogP contribution >= 0.6 is 0 Å². The first-order valence-electron chi connectivity index (χ1n) is 7.76. The van der Waals surface area contributed by atoms with Gasteiger partial charge in [0, 0.05) is 22.3 Å². The molecule has 3 aromatic carbocycles. The highest BCUT2D eigenvalue weighted by atomic mass is 19.2. The molecule has 0 spiro atoms. The molecule has 0 amide bonds. The van der Waals surface area contributed by atoms with E-state index in [0.717, 1.165) is 24.3 Å². The van der Waals surface area contributed by atoms with Crippen LogP contribution < -0.4 is 0 Å². The van der Waals surface area contributed by atoms with Gasteiger partial charge in [0.2, 0.25) is 0 Å². The average molecular weight is 386 g/mol. The van der Waals surface area contributed by atoms with Crippen molar-refractivity contribution in [1.29, 1.82) is 0 Å². The average Bonchev–Trinajstić information content (AvgIpc) is 2.67. The minimum Gasteiger partial charge on any atom is -0.204 e. The SMILES string of the molecule is Fc1cc(C#Cc2ccc(C#Cc3cc(F)c(F)c(F)c3)cc2)cc(F)c1F. The highest BCUT2D eigenvalue weighted by molar-refractivity contribution is 5.48. The van der Waals surface area contributed by atoms with Gasteiger partial charge in [-0.05, 0) is 48.5 Å². The van der Waals surface area contributed by atoms with Gasteiger partial charge in [-0.1, -0.05) is 23.7 Å². The highest BCUT2D eigenvalue weighted by Gasteiger charge is 2.10. The van der Waals surface area contributed by atoms with Gasteiger partial charge in [-0.2, -0.15) is 0 Å². The van der Waals surface area contributed by atoms with Crippen molar-refractivity contribution in [1.82, 2.24) is 0 Å². The fourth-order valence-corrected chi connectivity index (χ4v) is 2.18. The molecule has 0 saturated heterocycles. The van der Waals surface area contributed by atoms with Crippen LogP contribution in [0.15, 0.2) is 48.5 Å². The summed E-state index contributed by atoms with van der Waals surface area (Å²) in [6.07, 6.45) is 0. The zero-order valence-corrected chi connectivity index (χ0v) is 13.9. The van der Waals surface area contributed by atoms with E-state index in [-0.39, 0.29) is 11.1 Å². The Morgan fingerprint density at radius 1 is 0.393 bits per heavy atom. The molecule has 0 N–H and O–H groups in total. The Labute approximate surface area is 156 Å². The van der Waals surface area contributed by atoms with Crippen molar-refractivity contribution in [2.45, 2.75) is 0 Å². The molecule has 0 atom stereocenters. The van der Waals surface area contributed by atoms with Gasteiger partial charge in [-0.25, -0.2) is 26.3 Å². The molecule has 0 unspecified atom stereocenters. The lowest BCUT2D eigenvalue weighted by Crippen LogP contribution is -1.91. The fraction of sp³-hybridized carbons (Fsp3) is 0. The molecule has 0 aliphatic carbocycles. The summed E-state index contributed by atoms with van der Waals surface area (Å²) in [6, 6.07) is 9.41. The predicted molar refractivity (Wildman–Crippen MR) is 91.0 cm³/mol. The molecule has 138 valence electrons. The summed E-state index contributed by atoms with van der Waals surface area (Å²) in [7, 11) is 0. The fourth-order valence-electron chi connectivity index (χ4n) is 2.18. The number of hydrogen-bond acceptors (Lipinski definition) is 0. The van der Waals surface area contributed by atoms with Crippen molar-refractivity contribution in [3.05, 3.63) is 106 Å². The second kappa shape index (κ2) is 7.94. The van der Waals surface area contributed by atoms with Crippen LogP contribution in [0.2, 0.25) is 0 Å². The molecule has 0 fully saturated rings. The molecule has 3 aromatic rings. The Bertz CT molecular complexity index is 1030. The Balaban J connectivity index is 1.79. The van der Waals surface area contributed by atoms with E-state index < -0.39 is 34.9 Å². The van der Waals surface area contributed by atoms with E-state index >= 15 is 0 Å². The van der Waals surface area contributed by atoms with Gasteiger partial charge in [0.25, 0.3) is 0 Å². The molecule has 0 heterocycles. The minimum absolute atomic E-state index is 0.0272. The van der Waals surface area contributed by atoms with Crippen LogP contribution in [-0.4, -0.2) is 0 Å². The van der Waals surface area contributed by atoms with Crippen molar-refractivity contribution in [3.8, 4) is 23.7 Å². The van der Waals surface area contributed by atoms with Crippen LogP contribution in [0.5, 0.6) is 0 Å². The van der Waals surface area contributed by atoms with E-state index in [9.17, 15) is 26.3 Å². The molecular formula is C22H8F6. The van der Waals surface area contributed by atoms with Crippen molar-refractivity contribution in [2.24, 2.45) is 0 Å². The third-order valence-electron chi connectivity index (χ3n) is 3.55. The third-order valence-corrected chi connectivity index (χ3v) is 3.55. The molecule has 6 heteroatoms. The van der Waals surface area contributed by atoms with Crippen molar-refractivity contribution < 1.29 is 26.3 Å². The zero-order chi connectivity index (χ0) is 20.3. The van der Waals surface area contributed by atoms with E-state index in [2.05, 4.69) is 23.7 Å². The summed E-state index contributed by atoms with van der Waals surface area (Å²) in [5.41, 5.74) is 0.936. The lowest BCUT2D eigenvalue weighted by molar-refractivity contribution is 0.446. The lowest BCUT2D eigenvalue weighted by Gasteiger charge is -1.97. The molecule has 0 aliphatic heterocycles. The van der Waals surface area contributed by atoms with Crippen LogP contribution in [0.25, 0.3) is 0 Å². The summed E-state index contributed by atoms with van der Waals surface area (Å²) in [5.74, 6) is 1.91. The Hall–Kier alpha value is -3.64. The molecule has 0 aliphatic rings. The van der Waals surface area contributed by atoms with Crippen LogP contribution in [0.1, 0.15) is 22.3 Å². The van der Waals surface area contributed by atoms with Gasteiger partial charge in [0.1, 0.15) is 0 Å². The van der Waals surface area contributed by atoms with Crippen LogP contribution in [0, 0.1) is 58.6 Å². The largest absolute Gasteiger partial charge is 0.204 e. The number of rotatable bonds is 0. The van der Waals surface area contributed by atoms with Crippen LogP contribution in [-0.2, 0) is 0 Å². The summed E-state index contributed by atoms with van der Waals surface area (Å²) >= 11 is 0. The topological polar surface area (TPSA) is 0 Å². The van der Waals surface area contributed by atoms with Gasteiger partial charge in [0.05, 0.1) is 0 Å². The van der Waals surface area contributed by atoms with Crippen molar-refractivity contribution in [3.63, 3.8) is 0 Å². The van der Waals surface area contributed by atoms with Gasteiger partial charge in [-0.15, -0.1) is 0 Å². The zero-order valence-electron chi connectivity index (χ0n) is 13.9. The van der Waals surface area contributed by atoms with E-state index in [4.69, 9.17) is 0 Å². The van der Waals surface area contributed by atoms with E-state index in [1.807, 2.05) is 0 Å². The summed E-state index contributed by atoms with van der Waals surface area (Å²) in [5, 5.41) is 0. The van der Waals surface area contributed by atoms with Crippen LogP contribution in [0.4, 0.5) is 26.3 Å². The second-order valence-corrected chi connectivity index (χ2v) is 5.59. The van der Waals surface area contributed by atoms with Gasteiger partial charge >= 0.3 is 0 Å². The van der Waals surface area contributed by atoms with Gasteiger partial charge in [-0.3, -0.25) is 0 Å². The van der Waals surface area contributed by atoms with E-state index in [1.54, 1.807) is 24.3 Å². The molecular weight excluding hydrogens is 378 g/mol. The maximum Gasteiger partial charge on any atom is 0.194 e. The smallest absolute Gasteiger partial charge is 0.194 e. The number of benzene rings is 3. The Morgan fingerprint density at radius 3 is 0.929 bits per heavy atom. The minimum atomic E-state index is -1.56. The summed E-state index contributed by atoms with van der Waals surface area (Å²) in [4.78, 5) is 0. The maximum absolute atomic E-state index is 13.1. The predicted octanol–water partition coefficient (Wildman–Crippen LogP) is 5.32. The normalized spacial score (nSPS) is 9.93. The first kappa shape index (κ1) is 19.1. The quantitative estimate of drug-likeness (QED) is 0.279. The molecule has 0 radical (unpaired) electrons. The highest BCUT2D eigenvalue weighted by Crippen LogP contribution is 2.14. The Kier molecular flexibility index (Phi) is 5.42. The molecule has 0 bridgehead atoms. The van der Waals surface area contributed by atoms with Gasteiger partial charge < -0.3 is 0 Å². The van der Waals surface area contributed by atoms with E-state index in [0.29, 0.717) is 11.1 Å².